The molecular formula is C11H14O4. The standard InChI is InChI=1S/C11H14O4/c1-3-9-6-8(12)7-10(15-9)4-5-11(13)14-2/h4-5,7,9H,3,6H2,1-2H3. The third-order valence-electron chi connectivity index (χ3n) is 2.08. The molecule has 0 radical (unpaired) electrons. The number of hydrogen-bond donors (Lipinski definition) is 0. The highest BCUT2D eigenvalue weighted by Gasteiger charge is 2.18. The van der Waals surface area contributed by atoms with E-state index in [0.29, 0.717) is 12.2 Å². The Balaban J connectivity index is 2.65. The van der Waals surface area contributed by atoms with Crippen molar-refractivity contribution in [2.45, 2.75) is 25.9 Å². The largest absolute Gasteiger partial charge is 0.490 e. The summed E-state index contributed by atoms with van der Waals surface area (Å²) in [5.41, 5.74) is 0. The summed E-state index contributed by atoms with van der Waals surface area (Å²) in [6.45, 7) is 1.95. The SMILES string of the molecule is CCC1CC(=O)C=C(C=CC(=O)OC)O1. The van der Waals surface area contributed by atoms with Crippen LogP contribution in [-0.2, 0) is 19.1 Å². The van der Waals surface area contributed by atoms with E-state index < -0.39 is 5.97 Å². The van der Waals surface area contributed by atoms with Crippen LogP contribution in [0.3, 0.4) is 0 Å². The molecule has 0 N–H and O–H groups in total. The monoisotopic (exact) mass is 210 g/mol. The molecule has 0 aliphatic carbocycles. The van der Waals surface area contributed by atoms with Crippen LogP contribution in [0.5, 0.6) is 0 Å². The van der Waals surface area contributed by atoms with Crippen molar-refractivity contribution in [1.29, 1.82) is 0 Å². The molecule has 1 unspecified atom stereocenters. The van der Waals surface area contributed by atoms with Crippen LogP contribution in [-0.4, -0.2) is 25.0 Å². The highest BCUT2D eigenvalue weighted by atomic mass is 16.5. The van der Waals surface area contributed by atoms with Gasteiger partial charge in [0.25, 0.3) is 0 Å². The minimum atomic E-state index is -0.467. The Bertz CT molecular complexity index is 315. The quantitative estimate of drug-likeness (QED) is 0.521. The van der Waals surface area contributed by atoms with Crippen molar-refractivity contribution in [3.8, 4) is 0 Å². The van der Waals surface area contributed by atoms with Gasteiger partial charge in [-0.05, 0) is 12.5 Å². The summed E-state index contributed by atoms with van der Waals surface area (Å²) in [4.78, 5) is 22.1. The van der Waals surface area contributed by atoms with Gasteiger partial charge in [-0.15, -0.1) is 0 Å². The van der Waals surface area contributed by atoms with Gasteiger partial charge in [0.1, 0.15) is 11.9 Å². The zero-order chi connectivity index (χ0) is 11.3. The first-order chi connectivity index (χ1) is 7.15. The number of allylic oxidation sites excluding steroid dienone is 2. The van der Waals surface area contributed by atoms with Crippen molar-refractivity contribution >= 4 is 11.8 Å². The lowest BCUT2D eigenvalue weighted by Crippen LogP contribution is -2.20. The number of ether oxygens (including phenoxy) is 2. The molecule has 0 aromatic rings. The van der Waals surface area contributed by atoms with Crippen molar-refractivity contribution in [3.05, 3.63) is 24.0 Å². The average Bonchev–Trinajstić information content (AvgIpc) is 2.25. The van der Waals surface area contributed by atoms with E-state index in [0.717, 1.165) is 6.42 Å². The molecule has 0 aromatic heterocycles. The maximum Gasteiger partial charge on any atom is 0.330 e. The minimum Gasteiger partial charge on any atom is -0.490 e. The first-order valence-corrected chi connectivity index (χ1v) is 4.83. The summed E-state index contributed by atoms with van der Waals surface area (Å²) in [6, 6.07) is 0. The van der Waals surface area contributed by atoms with Crippen molar-refractivity contribution in [2.75, 3.05) is 7.11 Å². The molecule has 0 bridgehead atoms. The molecule has 1 aliphatic rings. The van der Waals surface area contributed by atoms with Crippen molar-refractivity contribution < 1.29 is 19.1 Å². The van der Waals surface area contributed by atoms with Crippen LogP contribution >= 0.6 is 0 Å². The molecule has 1 heterocycles. The Morgan fingerprint density at radius 1 is 1.73 bits per heavy atom. The molecular weight excluding hydrogens is 196 g/mol. The maximum atomic E-state index is 11.3. The highest BCUT2D eigenvalue weighted by molar-refractivity contribution is 5.92. The first-order valence-electron chi connectivity index (χ1n) is 4.83. The second-order valence-electron chi connectivity index (χ2n) is 3.22. The molecule has 0 saturated carbocycles. The molecule has 4 nitrogen and oxygen atoms in total. The van der Waals surface area contributed by atoms with E-state index in [4.69, 9.17) is 4.74 Å². The fourth-order valence-electron chi connectivity index (χ4n) is 1.24. The molecule has 0 fully saturated rings. The molecule has 0 spiro atoms. The molecule has 0 aromatic carbocycles. The van der Waals surface area contributed by atoms with Gasteiger partial charge in [-0.1, -0.05) is 6.92 Å². The average molecular weight is 210 g/mol. The third kappa shape index (κ3) is 3.58. The Hall–Kier alpha value is -1.58. The molecule has 4 heteroatoms. The van der Waals surface area contributed by atoms with Crippen molar-refractivity contribution in [2.24, 2.45) is 0 Å². The van der Waals surface area contributed by atoms with Crippen LogP contribution in [0.1, 0.15) is 19.8 Å². The smallest absolute Gasteiger partial charge is 0.330 e. The topological polar surface area (TPSA) is 52.6 Å². The van der Waals surface area contributed by atoms with Gasteiger partial charge in [-0.3, -0.25) is 4.79 Å². The second-order valence-corrected chi connectivity index (χ2v) is 3.22. The summed E-state index contributed by atoms with van der Waals surface area (Å²) in [5, 5.41) is 0. The van der Waals surface area contributed by atoms with Gasteiger partial charge in [-0.25, -0.2) is 4.79 Å². The van der Waals surface area contributed by atoms with Gasteiger partial charge < -0.3 is 9.47 Å². The van der Waals surface area contributed by atoms with Gasteiger partial charge in [-0.2, -0.15) is 0 Å². The van der Waals surface area contributed by atoms with E-state index in [-0.39, 0.29) is 11.9 Å². The number of rotatable bonds is 3. The van der Waals surface area contributed by atoms with Crippen LogP contribution < -0.4 is 0 Å². The lowest BCUT2D eigenvalue weighted by molar-refractivity contribution is -0.134. The van der Waals surface area contributed by atoms with Gasteiger partial charge in [0, 0.05) is 18.6 Å². The first kappa shape index (κ1) is 11.5. The minimum absolute atomic E-state index is 0.0256. The Morgan fingerprint density at radius 3 is 3.07 bits per heavy atom. The predicted octanol–water partition coefficient (Wildman–Crippen LogP) is 1.37. The second kappa shape index (κ2) is 5.34. The Kier molecular flexibility index (Phi) is 4.09. The zero-order valence-corrected chi connectivity index (χ0v) is 8.86. The molecule has 15 heavy (non-hydrogen) atoms. The third-order valence-corrected chi connectivity index (χ3v) is 2.08. The van der Waals surface area contributed by atoms with Gasteiger partial charge in [0.05, 0.1) is 7.11 Å². The molecule has 0 saturated heterocycles. The van der Waals surface area contributed by atoms with Crippen LogP contribution in [0.15, 0.2) is 24.0 Å². The Labute approximate surface area is 88.6 Å². The number of esters is 1. The van der Waals surface area contributed by atoms with E-state index in [1.165, 1.54) is 25.3 Å². The summed E-state index contributed by atoms with van der Waals surface area (Å²) < 4.78 is 9.87. The molecule has 0 amide bonds. The molecule has 1 aliphatic heterocycles. The number of ketones is 1. The fourth-order valence-corrected chi connectivity index (χ4v) is 1.24. The van der Waals surface area contributed by atoms with E-state index in [2.05, 4.69) is 4.74 Å². The molecule has 1 rings (SSSR count). The van der Waals surface area contributed by atoms with Crippen molar-refractivity contribution in [1.82, 2.24) is 0 Å². The summed E-state index contributed by atoms with van der Waals surface area (Å²) >= 11 is 0. The van der Waals surface area contributed by atoms with Gasteiger partial charge in [0.15, 0.2) is 5.78 Å². The summed E-state index contributed by atoms with van der Waals surface area (Å²) in [5.74, 6) is -0.0216. The highest BCUT2D eigenvalue weighted by Crippen LogP contribution is 2.17. The van der Waals surface area contributed by atoms with Crippen LogP contribution in [0.2, 0.25) is 0 Å². The normalized spacial score (nSPS) is 21.1. The zero-order valence-electron chi connectivity index (χ0n) is 8.86. The van der Waals surface area contributed by atoms with E-state index >= 15 is 0 Å². The van der Waals surface area contributed by atoms with Gasteiger partial charge >= 0.3 is 5.97 Å². The number of methoxy groups -OCH3 is 1. The van der Waals surface area contributed by atoms with E-state index in [1.54, 1.807) is 0 Å². The van der Waals surface area contributed by atoms with E-state index in [1.807, 2.05) is 6.92 Å². The van der Waals surface area contributed by atoms with Gasteiger partial charge in [0.2, 0.25) is 0 Å². The van der Waals surface area contributed by atoms with E-state index in [9.17, 15) is 9.59 Å². The van der Waals surface area contributed by atoms with Crippen LogP contribution in [0, 0.1) is 0 Å². The Morgan fingerprint density at radius 2 is 2.47 bits per heavy atom. The lowest BCUT2D eigenvalue weighted by atomic mass is 10.1. The number of hydrogen-bond acceptors (Lipinski definition) is 4. The maximum absolute atomic E-state index is 11.3. The fraction of sp³-hybridized carbons (Fsp3) is 0.455. The number of carbonyl (C=O) groups excluding carboxylic acids is 2. The van der Waals surface area contributed by atoms with Crippen LogP contribution in [0.25, 0.3) is 0 Å². The summed E-state index contributed by atoms with van der Waals surface area (Å²) in [6.07, 6.45) is 5.18. The molecule has 1 atom stereocenters. The summed E-state index contributed by atoms with van der Waals surface area (Å²) in [7, 11) is 1.29. The predicted molar refractivity (Wildman–Crippen MR) is 54.0 cm³/mol. The van der Waals surface area contributed by atoms with Crippen LogP contribution in [0.4, 0.5) is 0 Å². The van der Waals surface area contributed by atoms with Crippen molar-refractivity contribution in [3.63, 3.8) is 0 Å². The lowest BCUT2D eigenvalue weighted by Gasteiger charge is -2.20. The molecule has 82 valence electrons. The number of carbonyl (C=O) groups is 2.